The van der Waals surface area contributed by atoms with Gasteiger partial charge in [0.2, 0.25) is 5.91 Å². The van der Waals surface area contributed by atoms with E-state index in [1.54, 1.807) is 6.33 Å². The zero-order valence-electron chi connectivity index (χ0n) is 19.3. The number of hydrogen-bond donors (Lipinski definition) is 0. The van der Waals surface area contributed by atoms with Crippen LogP contribution in [0.4, 0.5) is 5.82 Å². The number of aryl methyl sites for hydroxylation is 1. The number of piperazine rings is 1. The van der Waals surface area contributed by atoms with Crippen molar-refractivity contribution < 1.29 is 4.79 Å². The number of anilines is 1. The van der Waals surface area contributed by atoms with Crippen molar-refractivity contribution >= 4 is 35.1 Å². The fraction of sp³-hybridized carbons (Fsp3) is 0.560. The van der Waals surface area contributed by atoms with Crippen molar-refractivity contribution in [3.05, 3.63) is 52.4 Å². The van der Waals surface area contributed by atoms with Crippen molar-refractivity contribution in [2.45, 2.75) is 31.6 Å². The molecule has 1 aromatic carbocycles. The molecule has 8 heteroatoms. The average molecular weight is 486 g/mol. The van der Waals surface area contributed by atoms with Gasteiger partial charge in [-0.1, -0.05) is 30.7 Å². The minimum atomic E-state index is -0.153. The third kappa shape index (κ3) is 5.00. The van der Waals surface area contributed by atoms with E-state index in [9.17, 15) is 4.79 Å². The van der Waals surface area contributed by atoms with Crippen molar-refractivity contribution in [2.24, 2.45) is 0 Å². The van der Waals surface area contributed by atoms with Crippen LogP contribution in [0.3, 0.4) is 0 Å². The molecular formula is C25H32ClN5OS. The zero-order valence-corrected chi connectivity index (χ0v) is 20.8. The van der Waals surface area contributed by atoms with E-state index in [0.717, 1.165) is 81.5 Å². The van der Waals surface area contributed by atoms with Crippen LogP contribution in [0.1, 0.15) is 42.0 Å². The summed E-state index contributed by atoms with van der Waals surface area (Å²) in [4.78, 5) is 29.8. The number of rotatable bonds is 5. The number of carbonyl (C=O) groups is 1. The predicted octanol–water partition coefficient (Wildman–Crippen LogP) is 3.66. The molecule has 1 aliphatic carbocycles. The van der Waals surface area contributed by atoms with Gasteiger partial charge in [0.15, 0.2) is 0 Å². The molecule has 33 heavy (non-hydrogen) atoms. The van der Waals surface area contributed by atoms with Gasteiger partial charge in [-0.25, -0.2) is 9.97 Å². The Kier molecular flexibility index (Phi) is 7.09. The summed E-state index contributed by atoms with van der Waals surface area (Å²) in [7, 11) is 0. The number of carbonyl (C=O) groups excluding carboxylic acids is 1. The molecule has 1 aromatic heterocycles. The molecule has 176 valence electrons. The van der Waals surface area contributed by atoms with Crippen molar-refractivity contribution in [1.82, 2.24) is 19.8 Å². The normalized spacial score (nSPS) is 22.3. The van der Waals surface area contributed by atoms with Crippen LogP contribution in [0, 0.1) is 0 Å². The first-order chi connectivity index (χ1) is 16.1. The number of amides is 1. The van der Waals surface area contributed by atoms with Gasteiger partial charge in [-0.3, -0.25) is 4.79 Å². The molecular weight excluding hydrogens is 454 g/mol. The molecule has 0 saturated carbocycles. The number of hydrogen-bond acceptors (Lipinski definition) is 6. The van der Waals surface area contributed by atoms with Gasteiger partial charge in [0.1, 0.15) is 12.1 Å². The highest BCUT2D eigenvalue weighted by Crippen LogP contribution is 2.37. The lowest BCUT2D eigenvalue weighted by molar-refractivity contribution is -0.133. The van der Waals surface area contributed by atoms with Crippen LogP contribution in [-0.4, -0.2) is 83.0 Å². The van der Waals surface area contributed by atoms with E-state index in [2.05, 4.69) is 31.6 Å². The summed E-state index contributed by atoms with van der Waals surface area (Å²) in [5, 5.41) is 0.708. The summed E-state index contributed by atoms with van der Waals surface area (Å²) in [5.74, 6) is 3.95. The third-order valence-electron chi connectivity index (χ3n) is 7.26. The van der Waals surface area contributed by atoms with Crippen LogP contribution in [0.2, 0.25) is 5.02 Å². The molecule has 6 nitrogen and oxygen atoms in total. The van der Waals surface area contributed by atoms with Gasteiger partial charge in [-0.15, -0.1) is 0 Å². The fourth-order valence-corrected chi connectivity index (χ4v) is 6.40. The van der Waals surface area contributed by atoms with Gasteiger partial charge in [-0.2, -0.15) is 11.8 Å². The van der Waals surface area contributed by atoms with Crippen molar-refractivity contribution in [2.75, 3.05) is 62.2 Å². The predicted molar refractivity (Wildman–Crippen MR) is 136 cm³/mol. The standard InChI is InChI=1S/C25H32ClN5OS/c1-18-2-7-22-23(18)24(28-17-27-22)30-8-10-31(11-9-30)25(32)21(16-29-12-14-33-15-13-29)19-3-5-20(26)6-4-19/h3-6,17-18,21H,2,7-16H2,1H3/t18-,21+/m1/s1. The SMILES string of the molecule is C[C@@H]1CCc2ncnc(N3CCN(C(=O)[C@@H](CN4CCSCC4)c4ccc(Cl)cc4)CC3)c21. The quantitative estimate of drug-likeness (QED) is 0.644. The van der Waals surface area contributed by atoms with E-state index in [0.29, 0.717) is 10.9 Å². The number of benzene rings is 1. The van der Waals surface area contributed by atoms with Crippen molar-refractivity contribution in [1.29, 1.82) is 0 Å². The Bertz CT molecular complexity index is 973. The molecule has 0 N–H and O–H groups in total. The summed E-state index contributed by atoms with van der Waals surface area (Å²) in [6.45, 7) is 8.23. The molecule has 2 fully saturated rings. The maximum Gasteiger partial charge on any atom is 0.231 e. The highest BCUT2D eigenvalue weighted by Gasteiger charge is 2.33. The molecule has 3 heterocycles. The third-order valence-corrected chi connectivity index (χ3v) is 8.45. The monoisotopic (exact) mass is 485 g/mol. The smallest absolute Gasteiger partial charge is 0.231 e. The Hall–Kier alpha value is -1.83. The lowest BCUT2D eigenvalue weighted by Crippen LogP contribution is -2.52. The first kappa shape index (κ1) is 22.9. The number of nitrogens with zero attached hydrogens (tertiary/aromatic N) is 5. The molecule has 0 unspecified atom stereocenters. The first-order valence-corrected chi connectivity index (χ1v) is 13.6. The van der Waals surface area contributed by atoms with Crippen LogP contribution in [0.5, 0.6) is 0 Å². The Balaban J connectivity index is 1.29. The van der Waals surface area contributed by atoms with E-state index in [-0.39, 0.29) is 11.8 Å². The van der Waals surface area contributed by atoms with Gasteiger partial charge in [-0.05, 0) is 36.5 Å². The molecule has 5 rings (SSSR count). The Labute approximate surface area is 205 Å². The number of thioether (sulfide) groups is 1. The topological polar surface area (TPSA) is 52.6 Å². The maximum absolute atomic E-state index is 13.8. The summed E-state index contributed by atoms with van der Waals surface area (Å²) in [6, 6.07) is 7.84. The highest BCUT2D eigenvalue weighted by atomic mass is 35.5. The fourth-order valence-electron chi connectivity index (χ4n) is 5.30. The second-order valence-electron chi connectivity index (χ2n) is 9.33. The van der Waals surface area contributed by atoms with Crippen molar-refractivity contribution in [3.8, 4) is 0 Å². The number of halogens is 1. The van der Waals surface area contributed by atoms with E-state index >= 15 is 0 Å². The number of fused-ring (bicyclic) bond motifs is 1. The summed E-state index contributed by atoms with van der Waals surface area (Å²) in [5.41, 5.74) is 3.58. The molecule has 3 aliphatic rings. The minimum absolute atomic E-state index is 0.153. The van der Waals surface area contributed by atoms with Gasteiger partial charge in [0.25, 0.3) is 0 Å². The van der Waals surface area contributed by atoms with Crippen LogP contribution < -0.4 is 4.90 Å². The Morgan fingerprint density at radius 3 is 2.55 bits per heavy atom. The molecule has 2 aliphatic heterocycles. The second-order valence-corrected chi connectivity index (χ2v) is 11.0. The van der Waals surface area contributed by atoms with Crippen LogP contribution in [-0.2, 0) is 11.2 Å². The molecule has 0 radical (unpaired) electrons. The van der Waals surface area contributed by atoms with Gasteiger partial charge in [0.05, 0.1) is 5.92 Å². The highest BCUT2D eigenvalue weighted by molar-refractivity contribution is 7.99. The summed E-state index contributed by atoms with van der Waals surface area (Å²) >= 11 is 8.13. The van der Waals surface area contributed by atoms with E-state index in [1.807, 2.05) is 36.0 Å². The van der Waals surface area contributed by atoms with Crippen LogP contribution in [0.15, 0.2) is 30.6 Å². The molecule has 2 aromatic rings. The van der Waals surface area contributed by atoms with Crippen LogP contribution in [0.25, 0.3) is 0 Å². The number of aromatic nitrogens is 2. The molecule has 2 atom stereocenters. The zero-order chi connectivity index (χ0) is 22.8. The van der Waals surface area contributed by atoms with E-state index in [4.69, 9.17) is 11.6 Å². The lowest BCUT2D eigenvalue weighted by Gasteiger charge is -2.39. The second kappa shape index (κ2) is 10.2. The Morgan fingerprint density at radius 2 is 1.82 bits per heavy atom. The van der Waals surface area contributed by atoms with Crippen molar-refractivity contribution in [3.63, 3.8) is 0 Å². The van der Waals surface area contributed by atoms with Crippen LogP contribution >= 0.6 is 23.4 Å². The van der Waals surface area contributed by atoms with E-state index in [1.165, 1.54) is 11.3 Å². The van der Waals surface area contributed by atoms with Gasteiger partial charge in [0, 0.05) is 73.6 Å². The van der Waals surface area contributed by atoms with E-state index < -0.39 is 0 Å². The molecule has 0 bridgehead atoms. The lowest BCUT2D eigenvalue weighted by atomic mass is 9.96. The summed E-state index contributed by atoms with van der Waals surface area (Å²) in [6.07, 6.45) is 3.90. The molecule has 2 saturated heterocycles. The average Bonchev–Trinajstić information content (AvgIpc) is 3.24. The summed E-state index contributed by atoms with van der Waals surface area (Å²) < 4.78 is 0. The molecule has 1 amide bonds. The maximum atomic E-state index is 13.8. The molecule has 0 spiro atoms. The van der Waals surface area contributed by atoms with Gasteiger partial charge < -0.3 is 14.7 Å². The van der Waals surface area contributed by atoms with Gasteiger partial charge >= 0.3 is 0 Å². The largest absolute Gasteiger partial charge is 0.353 e. The minimum Gasteiger partial charge on any atom is -0.353 e. The first-order valence-electron chi connectivity index (χ1n) is 12.0. The Morgan fingerprint density at radius 1 is 1.09 bits per heavy atom.